The van der Waals surface area contributed by atoms with Crippen molar-refractivity contribution >= 4 is 27.9 Å². The van der Waals surface area contributed by atoms with Gasteiger partial charge in [0.15, 0.2) is 6.29 Å². The van der Waals surface area contributed by atoms with Gasteiger partial charge in [0, 0.05) is 35.9 Å². The minimum atomic E-state index is 0.606. The number of nitrogens with zero attached hydrogens (tertiary/aromatic N) is 1. The van der Waals surface area contributed by atoms with E-state index in [0.717, 1.165) is 22.2 Å². The van der Waals surface area contributed by atoms with Crippen LogP contribution in [0.3, 0.4) is 0 Å². The summed E-state index contributed by atoms with van der Waals surface area (Å²) in [4.78, 5) is 12.8. The van der Waals surface area contributed by atoms with E-state index in [2.05, 4.69) is 15.9 Å². The summed E-state index contributed by atoms with van der Waals surface area (Å²) in [7, 11) is 3.96. The predicted octanol–water partition coefficient (Wildman–Crippen LogP) is 4.12. The number of benzene rings is 2. The van der Waals surface area contributed by atoms with Crippen molar-refractivity contribution < 1.29 is 9.53 Å². The molecule has 0 bridgehead atoms. The summed E-state index contributed by atoms with van der Waals surface area (Å²) >= 11 is 3.34. The first-order chi connectivity index (χ1) is 9.10. The number of carbonyl (C=O) groups is 1. The second-order valence-electron chi connectivity index (χ2n) is 4.30. The van der Waals surface area contributed by atoms with Gasteiger partial charge in [0.05, 0.1) is 0 Å². The number of hydrogen-bond donors (Lipinski definition) is 0. The Morgan fingerprint density at radius 3 is 2.47 bits per heavy atom. The van der Waals surface area contributed by atoms with E-state index in [9.17, 15) is 4.79 Å². The first-order valence-electron chi connectivity index (χ1n) is 5.80. The zero-order chi connectivity index (χ0) is 13.8. The highest BCUT2D eigenvalue weighted by Gasteiger charge is 2.04. The fraction of sp³-hybridized carbons (Fsp3) is 0.133. The van der Waals surface area contributed by atoms with Crippen LogP contribution in [0.4, 0.5) is 5.69 Å². The smallest absolute Gasteiger partial charge is 0.151 e. The molecule has 2 aromatic rings. The molecule has 19 heavy (non-hydrogen) atoms. The Morgan fingerprint density at radius 1 is 1.11 bits per heavy atom. The van der Waals surface area contributed by atoms with Crippen molar-refractivity contribution in [1.29, 1.82) is 0 Å². The second-order valence-corrected chi connectivity index (χ2v) is 5.15. The van der Waals surface area contributed by atoms with Crippen molar-refractivity contribution in [3.63, 3.8) is 0 Å². The third kappa shape index (κ3) is 3.35. The number of carbonyl (C=O) groups excluding carboxylic acids is 1. The molecule has 0 aromatic heterocycles. The highest BCUT2D eigenvalue weighted by molar-refractivity contribution is 9.10. The Bertz CT molecular complexity index is 596. The fourth-order valence-corrected chi connectivity index (χ4v) is 2.08. The maximum Gasteiger partial charge on any atom is 0.151 e. The molecule has 0 aliphatic heterocycles. The Morgan fingerprint density at radius 2 is 1.84 bits per heavy atom. The normalized spacial score (nSPS) is 10.1. The Labute approximate surface area is 120 Å². The zero-order valence-corrected chi connectivity index (χ0v) is 12.3. The first kappa shape index (κ1) is 13.6. The van der Waals surface area contributed by atoms with Gasteiger partial charge in [0.2, 0.25) is 0 Å². The molecule has 0 fully saturated rings. The highest BCUT2D eigenvalue weighted by atomic mass is 79.9. The summed E-state index contributed by atoms with van der Waals surface area (Å²) < 4.78 is 6.50. The van der Waals surface area contributed by atoms with Crippen molar-refractivity contribution in [3.8, 4) is 11.5 Å². The van der Waals surface area contributed by atoms with Crippen LogP contribution in [0.25, 0.3) is 0 Å². The van der Waals surface area contributed by atoms with Crippen molar-refractivity contribution in [2.45, 2.75) is 0 Å². The van der Waals surface area contributed by atoms with Gasteiger partial charge in [0.25, 0.3) is 0 Å². The summed E-state index contributed by atoms with van der Waals surface area (Å²) in [6.45, 7) is 0. The Kier molecular flexibility index (Phi) is 4.22. The third-order valence-electron chi connectivity index (χ3n) is 2.67. The van der Waals surface area contributed by atoms with Gasteiger partial charge >= 0.3 is 0 Å². The molecule has 0 heterocycles. The van der Waals surface area contributed by atoms with Gasteiger partial charge in [-0.25, -0.2) is 0 Å². The summed E-state index contributed by atoms with van der Waals surface area (Å²) in [6.07, 6.45) is 0.806. The molecule has 0 spiro atoms. The lowest BCUT2D eigenvalue weighted by Gasteiger charge is -2.14. The molecule has 0 saturated carbocycles. The summed E-state index contributed by atoms with van der Waals surface area (Å²) in [5.74, 6) is 1.45. The monoisotopic (exact) mass is 319 g/mol. The second kappa shape index (κ2) is 5.89. The lowest BCUT2D eigenvalue weighted by molar-refractivity contribution is 0.112. The standard InChI is InChI=1S/C15H14BrNO2/c1-17(2)12-4-3-5-13(8-12)19-14-7-6-11(10-18)15(16)9-14/h3-10H,1-2H3. The summed E-state index contributed by atoms with van der Waals surface area (Å²) in [6, 6.07) is 13.1. The molecule has 2 aromatic carbocycles. The van der Waals surface area contributed by atoms with E-state index in [1.807, 2.05) is 43.3 Å². The van der Waals surface area contributed by atoms with Crippen LogP contribution in [-0.4, -0.2) is 20.4 Å². The van der Waals surface area contributed by atoms with E-state index in [-0.39, 0.29) is 0 Å². The fourth-order valence-electron chi connectivity index (χ4n) is 1.63. The number of hydrogen-bond acceptors (Lipinski definition) is 3. The molecule has 0 aliphatic rings. The molecule has 98 valence electrons. The predicted molar refractivity (Wildman–Crippen MR) is 80.4 cm³/mol. The molecule has 2 rings (SSSR count). The maximum absolute atomic E-state index is 10.7. The molecule has 0 atom stereocenters. The molecule has 0 radical (unpaired) electrons. The molecule has 0 amide bonds. The minimum Gasteiger partial charge on any atom is -0.457 e. The highest BCUT2D eigenvalue weighted by Crippen LogP contribution is 2.28. The summed E-state index contributed by atoms with van der Waals surface area (Å²) in [5.41, 5.74) is 1.68. The van der Waals surface area contributed by atoms with Crippen LogP contribution in [-0.2, 0) is 0 Å². The van der Waals surface area contributed by atoms with E-state index in [0.29, 0.717) is 11.3 Å². The molecule has 0 unspecified atom stereocenters. The molecular weight excluding hydrogens is 306 g/mol. The van der Waals surface area contributed by atoms with Crippen LogP contribution >= 0.6 is 15.9 Å². The van der Waals surface area contributed by atoms with Crippen molar-refractivity contribution in [3.05, 3.63) is 52.5 Å². The Balaban J connectivity index is 2.23. The minimum absolute atomic E-state index is 0.606. The topological polar surface area (TPSA) is 29.5 Å². The largest absolute Gasteiger partial charge is 0.457 e. The Hall–Kier alpha value is -1.81. The van der Waals surface area contributed by atoms with Crippen molar-refractivity contribution in [2.75, 3.05) is 19.0 Å². The molecule has 0 N–H and O–H groups in total. The van der Waals surface area contributed by atoms with Crippen LogP contribution < -0.4 is 9.64 Å². The maximum atomic E-state index is 10.7. The average molecular weight is 320 g/mol. The molecule has 4 heteroatoms. The lowest BCUT2D eigenvalue weighted by Crippen LogP contribution is -2.08. The van der Waals surface area contributed by atoms with E-state index in [1.54, 1.807) is 18.2 Å². The number of anilines is 1. The lowest BCUT2D eigenvalue weighted by atomic mass is 10.2. The molecular formula is C15H14BrNO2. The van der Waals surface area contributed by atoms with Crippen LogP contribution in [0.1, 0.15) is 10.4 Å². The van der Waals surface area contributed by atoms with Gasteiger partial charge in [-0.15, -0.1) is 0 Å². The van der Waals surface area contributed by atoms with Gasteiger partial charge in [0.1, 0.15) is 11.5 Å². The quantitative estimate of drug-likeness (QED) is 0.794. The van der Waals surface area contributed by atoms with Crippen LogP contribution in [0.15, 0.2) is 46.9 Å². The van der Waals surface area contributed by atoms with Gasteiger partial charge in [-0.2, -0.15) is 0 Å². The number of rotatable bonds is 4. The summed E-state index contributed by atoms with van der Waals surface area (Å²) in [5, 5.41) is 0. The van der Waals surface area contributed by atoms with Crippen molar-refractivity contribution in [2.24, 2.45) is 0 Å². The van der Waals surface area contributed by atoms with Gasteiger partial charge in [-0.1, -0.05) is 6.07 Å². The van der Waals surface area contributed by atoms with Crippen LogP contribution in [0.5, 0.6) is 11.5 Å². The zero-order valence-electron chi connectivity index (χ0n) is 10.8. The van der Waals surface area contributed by atoms with Crippen molar-refractivity contribution in [1.82, 2.24) is 0 Å². The molecule has 3 nitrogen and oxygen atoms in total. The van der Waals surface area contributed by atoms with E-state index >= 15 is 0 Å². The van der Waals surface area contributed by atoms with E-state index in [1.165, 1.54) is 0 Å². The third-order valence-corrected chi connectivity index (χ3v) is 3.36. The van der Waals surface area contributed by atoms with Crippen LogP contribution in [0, 0.1) is 0 Å². The van der Waals surface area contributed by atoms with Gasteiger partial charge < -0.3 is 9.64 Å². The van der Waals surface area contributed by atoms with Crippen LogP contribution in [0.2, 0.25) is 0 Å². The van der Waals surface area contributed by atoms with Gasteiger partial charge in [-0.3, -0.25) is 4.79 Å². The molecule has 0 saturated heterocycles. The van der Waals surface area contributed by atoms with Gasteiger partial charge in [-0.05, 0) is 46.3 Å². The number of ether oxygens (including phenoxy) is 1. The number of halogens is 1. The van der Waals surface area contributed by atoms with E-state index in [4.69, 9.17) is 4.74 Å². The average Bonchev–Trinajstić information content (AvgIpc) is 2.39. The first-order valence-corrected chi connectivity index (χ1v) is 6.59. The van der Waals surface area contributed by atoms with E-state index < -0.39 is 0 Å². The molecule has 0 aliphatic carbocycles. The number of aldehydes is 1. The SMILES string of the molecule is CN(C)c1cccc(Oc2ccc(C=O)c(Br)c2)c1.